The predicted octanol–water partition coefficient (Wildman–Crippen LogP) is 3.77. The van der Waals surface area contributed by atoms with Gasteiger partial charge < -0.3 is 0 Å². The molecule has 0 unspecified atom stereocenters. The second kappa shape index (κ2) is 165. The first-order valence-electron chi connectivity index (χ1n) is 4.16. The van der Waals surface area contributed by atoms with E-state index in [0.29, 0.717) is 0 Å². The van der Waals surface area contributed by atoms with E-state index >= 15 is 0 Å². The van der Waals surface area contributed by atoms with E-state index in [1.165, 1.54) is 12.4 Å². The van der Waals surface area contributed by atoms with E-state index in [9.17, 15) is 0 Å². The summed E-state index contributed by atoms with van der Waals surface area (Å²) < 4.78 is 0. The lowest BCUT2D eigenvalue weighted by molar-refractivity contribution is 1.09. The lowest BCUT2D eigenvalue weighted by Crippen LogP contribution is -1.29. The van der Waals surface area contributed by atoms with Crippen LogP contribution >= 0.6 is 0 Å². The van der Waals surface area contributed by atoms with Crippen LogP contribution in [0.4, 0.5) is 0 Å². The van der Waals surface area contributed by atoms with Crippen LogP contribution in [-0.4, -0.2) is 7.85 Å². The van der Waals surface area contributed by atoms with Gasteiger partial charge in [-0.15, -0.1) is 12.6 Å². The molecule has 0 aromatic heterocycles. The van der Waals surface area contributed by atoms with Crippen LogP contribution < -0.4 is 0 Å². The average molecular weight is 142 g/mol. The van der Waals surface area contributed by atoms with Gasteiger partial charge in [-0.05, 0) is 0 Å². The summed E-state index contributed by atoms with van der Waals surface area (Å²) in [6, 6.07) is 0. The molecule has 0 amide bonds. The molecule has 0 aromatic carbocycles. The summed E-state index contributed by atoms with van der Waals surface area (Å²) in [7, 11) is 4.61. The fraction of sp³-hybridized carbons (Fsp3) is 0.778. The van der Waals surface area contributed by atoms with Crippen molar-refractivity contribution < 1.29 is 0 Å². The summed E-state index contributed by atoms with van der Waals surface area (Å²) in [4.78, 5) is 0. The van der Waals surface area contributed by atoms with Crippen molar-refractivity contribution in [1.29, 1.82) is 0 Å². The molecule has 0 atom stereocenters. The monoisotopic (exact) mass is 142 g/mol. The topological polar surface area (TPSA) is 0 Å². The van der Waals surface area contributed by atoms with E-state index in [4.69, 9.17) is 0 Å². The Bertz CT molecular complexity index is 18.7. The van der Waals surface area contributed by atoms with Crippen LogP contribution in [-0.2, 0) is 0 Å². The number of rotatable bonds is 0. The standard InChI is InChI=1S/C3H8.C2H3B.2C2H6/c1-3-2;1-2-3;2*1-2/h3H2,1-2H3;2H,1H2;2*1-2H3. The maximum absolute atomic E-state index is 4.61. The van der Waals surface area contributed by atoms with Gasteiger partial charge in [0, 0.05) is 0 Å². The van der Waals surface area contributed by atoms with Crippen molar-refractivity contribution in [3.8, 4) is 0 Å². The number of hydrogen-bond acceptors (Lipinski definition) is 0. The molecular weight excluding hydrogens is 119 g/mol. The zero-order chi connectivity index (χ0) is 9.41. The Morgan fingerprint density at radius 2 is 1.10 bits per heavy atom. The van der Waals surface area contributed by atoms with Crippen LogP contribution in [0.1, 0.15) is 48.0 Å². The first kappa shape index (κ1) is 22.6. The summed E-state index contributed by atoms with van der Waals surface area (Å²) in [5.74, 6) is 1.25. The quantitative estimate of drug-likeness (QED) is 0.451. The molecule has 0 aliphatic heterocycles. The van der Waals surface area contributed by atoms with Crippen molar-refractivity contribution in [3.05, 3.63) is 12.6 Å². The van der Waals surface area contributed by atoms with E-state index in [1.807, 2.05) is 27.7 Å². The molecule has 2 radical (unpaired) electrons. The van der Waals surface area contributed by atoms with Gasteiger partial charge in [0.05, 0.1) is 0 Å². The van der Waals surface area contributed by atoms with Gasteiger partial charge in [-0.25, -0.2) is 0 Å². The van der Waals surface area contributed by atoms with E-state index in [0.717, 1.165) is 0 Å². The van der Waals surface area contributed by atoms with Crippen LogP contribution in [0.15, 0.2) is 12.6 Å². The third kappa shape index (κ3) is 9500. The molecule has 0 fully saturated rings. The van der Waals surface area contributed by atoms with Gasteiger partial charge in [0.1, 0.15) is 7.85 Å². The second-order valence-corrected chi connectivity index (χ2v) is 0.943. The summed E-state index contributed by atoms with van der Waals surface area (Å²) in [5.41, 5.74) is 0. The Morgan fingerprint density at radius 1 is 1.10 bits per heavy atom. The molecule has 0 aliphatic carbocycles. The van der Waals surface area contributed by atoms with Crippen molar-refractivity contribution in [2.45, 2.75) is 48.0 Å². The van der Waals surface area contributed by atoms with Gasteiger partial charge >= 0.3 is 0 Å². The smallest absolute Gasteiger partial charge is 0.102 e. The fourth-order valence-corrected chi connectivity index (χ4v) is 0. The highest BCUT2D eigenvalue weighted by molar-refractivity contribution is 6.16. The maximum atomic E-state index is 4.61. The molecule has 0 bridgehead atoms. The fourth-order valence-electron chi connectivity index (χ4n) is 0. The Hall–Kier alpha value is -0.195. The number of hydrogen-bond donors (Lipinski definition) is 0. The van der Waals surface area contributed by atoms with Crippen LogP contribution in [0, 0.1) is 0 Å². The third-order valence-corrected chi connectivity index (χ3v) is 0. The lowest BCUT2D eigenvalue weighted by atomic mass is 10.2. The lowest BCUT2D eigenvalue weighted by Gasteiger charge is -1.48. The molecule has 1 heteroatoms. The summed E-state index contributed by atoms with van der Waals surface area (Å²) in [6.07, 6.45) is 1.25. The van der Waals surface area contributed by atoms with Gasteiger partial charge in [0.2, 0.25) is 0 Å². The average Bonchev–Trinajstić information content (AvgIpc) is 1.99. The van der Waals surface area contributed by atoms with E-state index in [2.05, 4.69) is 28.3 Å². The summed E-state index contributed by atoms with van der Waals surface area (Å²) in [5, 5.41) is 0. The van der Waals surface area contributed by atoms with Gasteiger partial charge in [0.15, 0.2) is 0 Å². The largest absolute Gasteiger partial charge is 0.139 e. The highest BCUT2D eigenvalue weighted by Crippen LogP contribution is 1.56. The van der Waals surface area contributed by atoms with Crippen molar-refractivity contribution in [2.75, 3.05) is 0 Å². The van der Waals surface area contributed by atoms with E-state index in [1.54, 1.807) is 0 Å². The molecule has 62 valence electrons. The Kier molecular flexibility index (Phi) is 371. The van der Waals surface area contributed by atoms with Crippen molar-refractivity contribution >= 4 is 7.85 Å². The maximum Gasteiger partial charge on any atom is 0.102 e. The van der Waals surface area contributed by atoms with Crippen molar-refractivity contribution in [3.63, 3.8) is 0 Å². The third-order valence-electron chi connectivity index (χ3n) is 0. The van der Waals surface area contributed by atoms with Crippen molar-refractivity contribution in [2.24, 2.45) is 0 Å². The highest BCUT2D eigenvalue weighted by Gasteiger charge is 1.35. The first-order valence-corrected chi connectivity index (χ1v) is 4.16. The molecular formula is C9H23B. The molecule has 0 saturated carbocycles. The Balaban J connectivity index is -0.0000000246. The predicted molar refractivity (Wildman–Crippen MR) is 54.6 cm³/mol. The highest BCUT2D eigenvalue weighted by atomic mass is 13.4. The van der Waals surface area contributed by atoms with Crippen molar-refractivity contribution in [1.82, 2.24) is 0 Å². The van der Waals surface area contributed by atoms with Gasteiger partial charge in [-0.1, -0.05) is 48.0 Å². The summed E-state index contributed by atoms with van der Waals surface area (Å²) in [6.45, 7) is 15.4. The minimum absolute atomic E-state index is 1.25. The SMILES string of the molecule is CC.CC.CCC.[B]C=C. The Morgan fingerprint density at radius 3 is 1.10 bits per heavy atom. The Labute approximate surface area is 69.1 Å². The molecule has 0 nitrogen and oxygen atoms in total. The summed E-state index contributed by atoms with van der Waals surface area (Å²) >= 11 is 0. The molecule has 0 saturated heterocycles. The molecule has 0 N–H and O–H groups in total. The minimum Gasteiger partial charge on any atom is -0.139 e. The molecule has 0 aromatic rings. The normalized spacial score (nSPS) is 4.20. The zero-order valence-corrected chi connectivity index (χ0v) is 8.57. The van der Waals surface area contributed by atoms with E-state index in [-0.39, 0.29) is 0 Å². The van der Waals surface area contributed by atoms with Crippen LogP contribution in [0.3, 0.4) is 0 Å². The second-order valence-electron chi connectivity index (χ2n) is 0.943. The van der Waals surface area contributed by atoms with Crippen LogP contribution in [0.5, 0.6) is 0 Å². The van der Waals surface area contributed by atoms with Gasteiger partial charge in [-0.2, -0.15) is 0 Å². The molecule has 0 spiro atoms. The van der Waals surface area contributed by atoms with Crippen LogP contribution in [0.25, 0.3) is 0 Å². The molecule has 0 aliphatic rings. The van der Waals surface area contributed by atoms with E-state index < -0.39 is 0 Å². The van der Waals surface area contributed by atoms with Gasteiger partial charge in [0.25, 0.3) is 0 Å². The first-order chi connectivity index (χ1) is 4.83. The molecule has 10 heavy (non-hydrogen) atoms. The minimum atomic E-state index is 1.25. The molecule has 0 heterocycles. The van der Waals surface area contributed by atoms with Crippen LogP contribution in [0.2, 0.25) is 0 Å². The zero-order valence-electron chi connectivity index (χ0n) is 8.57. The molecule has 0 rings (SSSR count). The van der Waals surface area contributed by atoms with Gasteiger partial charge in [-0.3, -0.25) is 0 Å².